The minimum absolute atomic E-state index is 0.146. The molecule has 7 heteroatoms. The van der Waals surface area contributed by atoms with Gasteiger partial charge in [0.05, 0.1) is 16.0 Å². The van der Waals surface area contributed by atoms with Gasteiger partial charge in [-0.15, -0.1) is 0 Å². The van der Waals surface area contributed by atoms with Gasteiger partial charge in [0.2, 0.25) is 0 Å². The lowest BCUT2D eigenvalue weighted by Crippen LogP contribution is -2.22. The van der Waals surface area contributed by atoms with E-state index < -0.39 is 10.7 Å². The number of hydrogen-bond donors (Lipinski definition) is 1. The van der Waals surface area contributed by atoms with E-state index in [9.17, 15) is 14.5 Å². The van der Waals surface area contributed by atoms with Crippen LogP contribution in [0, 0.1) is 15.9 Å². The fraction of sp³-hybridized carbons (Fsp3) is 0.538. The Balaban J connectivity index is 1.97. The highest BCUT2D eigenvalue weighted by molar-refractivity contribution is 6.31. The summed E-state index contributed by atoms with van der Waals surface area (Å²) in [6, 6.07) is 2.08. The molecular formula is C13H16ClFN2O3. The largest absolute Gasteiger partial charge is 0.379 e. The van der Waals surface area contributed by atoms with Gasteiger partial charge in [0.1, 0.15) is 11.5 Å². The molecule has 2 rings (SSSR count). The summed E-state index contributed by atoms with van der Waals surface area (Å²) in [5.74, 6) is -0.673. The number of nitro benzene ring substituents is 1. The zero-order valence-electron chi connectivity index (χ0n) is 10.9. The Morgan fingerprint density at radius 1 is 1.50 bits per heavy atom. The third kappa shape index (κ3) is 3.80. The van der Waals surface area contributed by atoms with Gasteiger partial charge in [-0.25, -0.2) is 4.39 Å². The summed E-state index contributed by atoms with van der Waals surface area (Å²) in [6.07, 6.45) is 4.13. The number of rotatable bonds is 5. The molecule has 1 aromatic rings. The summed E-state index contributed by atoms with van der Waals surface area (Å²) in [5, 5.41) is 13.5. The highest BCUT2D eigenvalue weighted by Gasteiger charge is 2.18. The number of nitrogens with one attached hydrogen (secondary N) is 1. The van der Waals surface area contributed by atoms with Crippen LogP contribution in [0.5, 0.6) is 0 Å². The molecule has 0 saturated carbocycles. The average Bonchev–Trinajstić information content (AvgIpc) is 2.43. The molecule has 0 bridgehead atoms. The SMILES string of the molecule is O=[N+]([O-])c1cc(Cl)c(F)cc1NCCC1CCCCO1. The fourth-order valence-electron chi connectivity index (χ4n) is 2.23. The molecule has 0 spiro atoms. The van der Waals surface area contributed by atoms with Crippen molar-refractivity contribution in [3.8, 4) is 0 Å². The van der Waals surface area contributed by atoms with E-state index in [0.29, 0.717) is 6.54 Å². The fourth-order valence-corrected chi connectivity index (χ4v) is 2.39. The number of anilines is 1. The van der Waals surface area contributed by atoms with Gasteiger partial charge in [0, 0.05) is 25.3 Å². The minimum Gasteiger partial charge on any atom is -0.379 e. The van der Waals surface area contributed by atoms with Gasteiger partial charge in [0.25, 0.3) is 5.69 Å². The second-order valence-corrected chi connectivity index (χ2v) is 5.15. The first-order valence-corrected chi connectivity index (χ1v) is 6.94. The zero-order chi connectivity index (χ0) is 14.5. The first-order valence-electron chi connectivity index (χ1n) is 6.57. The molecule has 1 aliphatic rings. The Morgan fingerprint density at radius 3 is 2.95 bits per heavy atom. The minimum atomic E-state index is -0.673. The molecule has 110 valence electrons. The van der Waals surface area contributed by atoms with E-state index >= 15 is 0 Å². The van der Waals surface area contributed by atoms with Crippen molar-refractivity contribution in [3.63, 3.8) is 0 Å². The molecule has 1 aromatic carbocycles. The van der Waals surface area contributed by atoms with E-state index in [0.717, 1.165) is 44.4 Å². The molecule has 1 unspecified atom stereocenters. The van der Waals surface area contributed by atoms with Crippen molar-refractivity contribution >= 4 is 23.0 Å². The van der Waals surface area contributed by atoms with E-state index in [1.165, 1.54) is 0 Å². The van der Waals surface area contributed by atoms with Crippen LogP contribution in [0.2, 0.25) is 5.02 Å². The van der Waals surface area contributed by atoms with Crippen LogP contribution in [-0.4, -0.2) is 24.2 Å². The molecule has 1 heterocycles. The van der Waals surface area contributed by atoms with Gasteiger partial charge < -0.3 is 10.1 Å². The molecule has 0 amide bonds. The molecule has 0 aliphatic carbocycles. The standard InChI is InChI=1S/C13H16ClFN2O3/c14-10-7-13(17(18)19)12(8-11(10)15)16-5-4-9-3-1-2-6-20-9/h7-9,16H,1-6H2. The highest BCUT2D eigenvalue weighted by Crippen LogP contribution is 2.30. The number of ether oxygens (including phenoxy) is 1. The van der Waals surface area contributed by atoms with Gasteiger partial charge in [-0.2, -0.15) is 0 Å². The molecule has 1 N–H and O–H groups in total. The quantitative estimate of drug-likeness (QED) is 0.664. The summed E-state index contributed by atoms with van der Waals surface area (Å²) >= 11 is 5.56. The summed E-state index contributed by atoms with van der Waals surface area (Å²) in [6.45, 7) is 1.26. The van der Waals surface area contributed by atoms with Gasteiger partial charge >= 0.3 is 0 Å². The van der Waals surface area contributed by atoms with Crippen LogP contribution in [-0.2, 0) is 4.74 Å². The molecule has 1 fully saturated rings. The first kappa shape index (κ1) is 15.0. The maximum atomic E-state index is 13.4. The average molecular weight is 303 g/mol. The number of halogens is 2. The summed E-state index contributed by atoms with van der Waals surface area (Å²) < 4.78 is 19.0. The van der Waals surface area contributed by atoms with Crippen molar-refractivity contribution in [3.05, 3.63) is 33.1 Å². The predicted octanol–water partition coefficient (Wildman–Crippen LogP) is 3.76. The lowest BCUT2D eigenvalue weighted by Gasteiger charge is -2.22. The lowest BCUT2D eigenvalue weighted by atomic mass is 10.1. The van der Waals surface area contributed by atoms with E-state index in [1.807, 2.05) is 0 Å². The Morgan fingerprint density at radius 2 is 2.30 bits per heavy atom. The van der Waals surface area contributed by atoms with Crippen molar-refractivity contribution in [1.82, 2.24) is 0 Å². The normalized spacial score (nSPS) is 18.8. The maximum Gasteiger partial charge on any atom is 0.294 e. The molecule has 5 nitrogen and oxygen atoms in total. The van der Waals surface area contributed by atoms with Crippen molar-refractivity contribution in [1.29, 1.82) is 0 Å². The van der Waals surface area contributed by atoms with Gasteiger partial charge in [-0.3, -0.25) is 10.1 Å². The van der Waals surface area contributed by atoms with Crippen molar-refractivity contribution < 1.29 is 14.1 Å². The van der Waals surface area contributed by atoms with Crippen molar-refractivity contribution in [2.75, 3.05) is 18.5 Å². The molecule has 1 atom stereocenters. The summed E-state index contributed by atoms with van der Waals surface area (Å²) in [5.41, 5.74) is -0.0753. The highest BCUT2D eigenvalue weighted by atomic mass is 35.5. The number of nitrogens with zero attached hydrogens (tertiary/aromatic N) is 1. The topological polar surface area (TPSA) is 64.4 Å². The van der Waals surface area contributed by atoms with Crippen LogP contribution < -0.4 is 5.32 Å². The Bertz CT molecular complexity index is 493. The Hall–Kier alpha value is -1.40. The molecular weight excluding hydrogens is 287 g/mol. The van der Waals surface area contributed by atoms with Crippen molar-refractivity contribution in [2.24, 2.45) is 0 Å². The van der Waals surface area contributed by atoms with E-state index in [4.69, 9.17) is 16.3 Å². The summed E-state index contributed by atoms with van der Waals surface area (Å²) in [7, 11) is 0. The van der Waals surface area contributed by atoms with Crippen molar-refractivity contribution in [2.45, 2.75) is 31.8 Å². The van der Waals surface area contributed by atoms with Crippen LogP contribution in [0.1, 0.15) is 25.7 Å². The maximum absolute atomic E-state index is 13.4. The molecule has 1 saturated heterocycles. The van der Waals surface area contributed by atoms with Gasteiger partial charge in [-0.1, -0.05) is 11.6 Å². The zero-order valence-corrected chi connectivity index (χ0v) is 11.7. The third-order valence-electron chi connectivity index (χ3n) is 3.29. The number of benzene rings is 1. The molecule has 1 aliphatic heterocycles. The van der Waals surface area contributed by atoms with Gasteiger partial charge in [0.15, 0.2) is 0 Å². The van der Waals surface area contributed by atoms with Crippen LogP contribution in [0.4, 0.5) is 15.8 Å². The Labute approximate surface area is 121 Å². The Kier molecular flexibility index (Phi) is 5.14. The van der Waals surface area contributed by atoms with E-state index in [1.54, 1.807) is 0 Å². The second-order valence-electron chi connectivity index (χ2n) is 4.74. The summed E-state index contributed by atoms with van der Waals surface area (Å²) in [4.78, 5) is 10.3. The third-order valence-corrected chi connectivity index (χ3v) is 3.58. The smallest absolute Gasteiger partial charge is 0.294 e. The van der Waals surface area contributed by atoms with Crippen LogP contribution in [0.25, 0.3) is 0 Å². The van der Waals surface area contributed by atoms with Crippen LogP contribution in [0.15, 0.2) is 12.1 Å². The molecule has 20 heavy (non-hydrogen) atoms. The monoisotopic (exact) mass is 302 g/mol. The first-order chi connectivity index (χ1) is 9.58. The second kappa shape index (κ2) is 6.85. The van der Waals surface area contributed by atoms with Crippen LogP contribution >= 0.6 is 11.6 Å². The number of hydrogen-bond acceptors (Lipinski definition) is 4. The number of nitro groups is 1. The molecule has 0 radical (unpaired) electrons. The van der Waals surface area contributed by atoms with E-state index in [-0.39, 0.29) is 22.5 Å². The van der Waals surface area contributed by atoms with Gasteiger partial charge in [-0.05, 0) is 25.7 Å². The van der Waals surface area contributed by atoms with Crippen LogP contribution in [0.3, 0.4) is 0 Å². The predicted molar refractivity (Wildman–Crippen MR) is 74.8 cm³/mol. The molecule has 0 aromatic heterocycles. The van der Waals surface area contributed by atoms with E-state index in [2.05, 4.69) is 5.32 Å². The lowest BCUT2D eigenvalue weighted by molar-refractivity contribution is -0.384.